The van der Waals surface area contributed by atoms with Crippen molar-refractivity contribution in [2.75, 3.05) is 13.1 Å². The van der Waals surface area contributed by atoms with E-state index in [9.17, 15) is 26.7 Å². The van der Waals surface area contributed by atoms with Crippen molar-refractivity contribution in [3.05, 3.63) is 93.9 Å². The van der Waals surface area contributed by atoms with Crippen LogP contribution in [0.15, 0.2) is 46.9 Å². The van der Waals surface area contributed by atoms with Crippen LogP contribution in [0, 0.1) is 25.5 Å². The molecular weight excluding hydrogens is 545 g/mol. The van der Waals surface area contributed by atoms with Crippen LogP contribution >= 0.6 is 0 Å². The zero-order valence-corrected chi connectivity index (χ0v) is 22.3. The average molecular weight is 572 g/mol. The number of carbonyl (C=O) groups is 1. The van der Waals surface area contributed by atoms with Gasteiger partial charge in [0.05, 0.1) is 35.4 Å². The molecule has 5 rings (SSSR count). The van der Waals surface area contributed by atoms with Crippen molar-refractivity contribution in [3.63, 3.8) is 0 Å². The van der Waals surface area contributed by atoms with Crippen LogP contribution in [-0.2, 0) is 23.8 Å². The van der Waals surface area contributed by atoms with Crippen LogP contribution in [0.5, 0.6) is 0 Å². The van der Waals surface area contributed by atoms with E-state index in [0.717, 1.165) is 24.3 Å². The third kappa shape index (κ3) is 6.26. The molecule has 1 aliphatic rings. The maximum atomic E-state index is 14.0. The maximum Gasteiger partial charge on any atom is 0.416 e. The van der Waals surface area contributed by atoms with Gasteiger partial charge in [-0.3, -0.25) is 4.79 Å². The Bertz CT molecular complexity index is 1560. The minimum atomic E-state index is -4.46. The Labute approximate surface area is 232 Å². The van der Waals surface area contributed by atoms with Gasteiger partial charge in [-0.2, -0.15) is 13.2 Å². The van der Waals surface area contributed by atoms with E-state index in [4.69, 9.17) is 4.42 Å². The summed E-state index contributed by atoms with van der Waals surface area (Å²) >= 11 is 0. The molecule has 41 heavy (non-hydrogen) atoms. The first-order valence-electron chi connectivity index (χ1n) is 13.0. The minimum absolute atomic E-state index is 0.0150. The summed E-state index contributed by atoms with van der Waals surface area (Å²) in [4.78, 5) is 23.5. The number of aromatic nitrogens is 4. The van der Waals surface area contributed by atoms with Crippen molar-refractivity contribution < 1.29 is 31.2 Å². The first-order chi connectivity index (χ1) is 19.5. The molecule has 1 amide bonds. The Morgan fingerprint density at radius 1 is 1.00 bits per heavy atom. The van der Waals surface area contributed by atoms with E-state index in [1.165, 1.54) is 12.1 Å². The number of likely N-dealkylation sites (tertiary alicyclic amines) is 1. The topological polar surface area (TPSA) is 85.0 Å². The number of amides is 1. The Morgan fingerprint density at radius 2 is 1.68 bits per heavy atom. The molecule has 12 heteroatoms. The van der Waals surface area contributed by atoms with E-state index in [2.05, 4.69) is 20.2 Å². The normalized spacial score (nSPS) is 14.5. The first-order valence-corrected chi connectivity index (χ1v) is 13.0. The molecular formula is C29H26F5N5O2. The summed E-state index contributed by atoms with van der Waals surface area (Å²) in [6, 6.07) is 8.44. The zero-order valence-electron chi connectivity index (χ0n) is 22.3. The lowest BCUT2D eigenvalue weighted by Crippen LogP contribution is -2.39. The first kappa shape index (κ1) is 28.3. The lowest BCUT2D eigenvalue weighted by Gasteiger charge is -2.32. The van der Waals surface area contributed by atoms with Crippen LogP contribution in [0.3, 0.4) is 0 Å². The number of halogens is 5. The third-order valence-electron chi connectivity index (χ3n) is 7.14. The molecule has 1 aliphatic heterocycles. The Kier molecular flexibility index (Phi) is 7.83. The summed E-state index contributed by atoms with van der Waals surface area (Å²) in [6.07, 6.45) is -3.73. The molecule has 3 heterocycles. The van der Waals surface area contributed by atoms with E-state index in [1.54, 1.807) is 24.8 Å². The van der Waals surface area contributed by atoms with Crippen molar-refractivity contribution >= 4 is 5.91 Å². The van der Waals surface area contributed by atoms with Crippen molar-refractivity contribution in [2.24, 2.45) is 0 Å². The predicted molar refractivity (Wildman–Crippen MR) is 138 cm³/mol. The van der Waals surface area contributed by atoms with E-state index >= 15 is 0 Å². The number of carbonyl (C=O) groups excluding carboxylic acids is 1. The molecule has 0 aliphatic carbocycles. The minimum Gasteiger partial charge on any atom is -0.420 e. The summed E-state index contributed by atoms with van der Waals surface area (Å²) in [5.74, 6) is -1.11. The highest BCUT2D eigenvalue weighted by Crippen LogP contribution is 2.36. The number of rotatable bonds is 6. The summed E-state index contributed by atoms with van der Waals surface area (Å²) in [5.41, 5.74) is 1.20. The molecule has 4 aromatic rings. The van der Waals surface area contributed by atoms with Gasteiger partial charge in [0.2, 0.25) is 11.8 Å². The van der Waals surface area contributed by atoms with Crippen molar-refractivity contribution in [1.29, 1.82) is 0 Å². The largest absolute Gasteiger partial charge is 0.420 e. The van der Waals surface area contributed by atoms with Gasteiger partial charge in [0, 0.05) is 24.6 Å². The van der Waals surface area contributed by atoms with Crippen LogP contribution in [-0.4, -0.2) is 44.1 Å². The highest BCUT2D eigenvalue weighted by Gasteiger charge is 2.32. The second-order valence-electron chi connectivity index (χ2n) is 10.0. The van der Waals surface area contributed by atoms with Crippen LogP contribution in [0.1, 0.15) is 58.6 Å². The maximum absolute atomic E-state index is 14.0. The van der Waals surface area contributed by atoms with Crippen LogP contribution in [0.4, 0.5) is 22.0 Å². The SMILES string of the molecule is Cc1nc(C)c(-c2nnc(Cc3cccc(C(F)(F)F)c3)o2)c(C2CCN(C(=O)Cc3c(F)cccc3F)CC2)n1. The lowest BCUT2D eigenvalue weighted by molar-refractivity contribution is -0.137. The highest BCUT2D eigenvalue weighted by atomic mass is 19.4. The molecule has 214 valence electrons. The highest BCUT2D eigenvalue weighted by molar-refractivity contribution is 5.79. The summed E-state index contributed by atoms with van der Waals surface area (Å²) in [5, 5.41) is 8.20. The molecule has 0 atom stereocenters. The molecule has 0 spiro atoms. The fraction of sp³-hybridized carbons (Fsp3) is 0.345. The molecule has 2 aromatic heterocycles. The Hall–Kier alpha value is -4.22. The number of piperidine rings is 1. The number of alkyl halides is 3. The lowest BCUT2D eigenvalue weighted by atomic mass is 9.89. The molecule has 0 bridgehead atoms. The van der Waals surface area contributed by atoms with E-state index in [-0.39, 0.29) is 42.0 Å². The second-order valence-corrected chi connectivity index (χ2v) is 10.0. The van der Waals surface area contributed by atoms with Crippen molar-refractivity contribution in [2.45, 2.75) is 51.6 Å². The fourth-order valence-corrected chi connectivity index (χ4v) is 5.12. The number of benzene rings is 2. The molecule has 7 nitrogen and oxygen atoms in total. The summed E-state index contributed by atoms with van der Waals surface area (Å²) < 4.78 is 73.3. The van der Waals surface area contributed by atoms with Gasteiger partial charge in [0.25, 0.3) is 5.89 Å². The Balaban J connectivity index is 1.33. The van der Waals surface area contributed by atoms with Gasteiger partial charge in [-0.05, 0) is 50.5 Å². The standard InChI is InChI=1S/C29H26F5N5O2/c1-16-26(28-38-37-24(41-28)14-18-5-3-6-20(13-18)29(32,33)34)27(36-17(2)35-16)19-9-11-39(12-10-19)25(40)15-21-22(30)7-4-8-23(21)31/h3-8,13,19H,9-12,14-15H2,1-2H3. The fourth-order valence-electron chi connectivity index (χ4n) is 5.12. The van der Waals surface area contributed by atoms with Gasteiger partial charge in [-0.15, -0.1) is 10.2 Å². The molecule has 0 N–H and O–H groups in total. The van der Waals surface area contributed by atoms with Gasteiger partial charge in [-0.25, -0.2) is 18.7 Å². The number of hydrogen-bond acceptors (Lipinski definition) is 6. The molecule has 1 saturated heterocycles. The van der Waals surface area contributed by atoms with Crippen molar-refractivity contribution in [3.8, 4) is 11.5 Å². The predicted octanol–water partition coefficient (Wildman–Crippen LogP) is 5.98. The molecule has 0 unspecified atom stereocenters. The van der Waals surface area contributed by atoms with E-state index in [0.29, 0.717) is 54.3 Å². The van der Waals surface area contributed by atoms with Crippen LogP contribution < -0.4 is 0 Å². The number of hydrogen-bond donors (Lipinski definition) is 0. The smallest absolute Gasteiger partial charge is 0.416 e. The molecule has 0 radical (unpaired) electrons. The number of nitrogens with zero attached hydrogens (tertiary/aromatic N) is 5. The average Bonchev–Trinajstić information content (AvgIpc) is 3.37. The summed E-state index contributed by atoms with van der Waals surface area (Å²) in [7, 11) is 0. The van der Waals surface area contributed by atoms with Gasteiger partial charge in [0.1, 0.15) is 17.5 Å². The summed E-state index contributed by atoms with van der Waals surface area (Å²) in [6.45, 7) is 4.28. The Morgan fingerprint density at radius 3 is 2.37 bits per heavy atom. The number of aryl methyl sites for hydroxylation is 2. The monoisotopic (exact) mass is 571 g/mol. The van der Waals surface area contributed by atoms with E-state index in [1.807, 2.05) is 0 Å². The second kappa shape index (κ2) is 11.3. The van der Waals surface area contributed by atoms with Gasteiger partial charge >= 0.3 is 6.18 Å². The van der Waals surface area contributed by atoms with Gasteiger partial charge in [-0.1, -0.05) is 24.3 Å². The zero-order chi connectivity index (χ0) is 29.3. The van der Waals surface area contributed by atoms with Crippen LogP contribution in [0.2, 0.25) is 0 Å². The van der Waals surface area contributed by atoms with Crippen LogP contribution in [0.25, 0.3) is 11.5 Å². The van der Waals surface area contributed by atoms with Gasteiger partial charge in [0.15, 0.2) is 0 Å². The molecule has 2 aromatic carbocycles. The molecule has 0 saturated carbocycles. The van der Waals surface area contributed by atoms with E-state index < -0.39 is 23.4 Å². The third-order valence-corrected chi connectivity index (χ3v) is 7.14. The molecule has 1 fully saturated rings. The van der Waals surface area contributed by atoms with Crippen molar-refractivity contribution in [1.82, 2.24) is 25.1 Å². The quantitative estimate of drug-likeness (QED) is 0.265. The van der Waals surface area contributed by atoms with Gasteiger partial charge < -0.3 is 9.32 Å².